The van der Waals surface area contributed by atoms with Crippen LogP contribution in [0.25, 0.3) is 0 Å². The molecule has 2 saturated heterocycles. The van der Waals surface area contributed by atoms with Crippen molar-refractivity contribution in [3.8, 4) is 0 Å². The van der Waals surface area contributed by atoms with Crippen molar-refractivity contribution in [2.24, 2.45) is 29.6 Å². The molecule has 0 unspecified atom stereocenters. The molecule has 2 heterocycles. The normalized spacial score (nSPS) is 46.8. The Morgan fingerprint density at radius 1 is 0.935 bits per heavy atom. The summed E-state index contributed by atoms with van der Waals surface area (Å²) in [4.78, 5) is 26.9. The number of carbonyl (C=O) groups is 1. The summed E-state index contributed by atoms with van der Waals surface area (Å²) in [5.74, 6) is 2.34. The van der Waals surface area contributed by atoms with Crippen LogP contribution in [0.3, 0.4) is 0 Å². The first-order valence-corrected chi connectivity index (χ1v) is 12.8. The molecule has 2 aliphatic heterocycles. The van der Waals surface area contributed by atoms with Crippen LogP contribution in [0.4, 0.5) is 0 Å². The molecule has 5 aliphatic carbocycles. The molecule has 2 spiro atoms. The second kappa shape index (κ2) is 8.24. The summed E-state index contributed by atoms with van der Waals surface area (Å²) >= 11 is 0. The molecular formula is C24H38N2O5. The molecule has 0 radical (unpaired) electrons. The number of amides is 1. The molecule has 7 rings (SSSR count). The molecule has 0 aromatic heterocycles. The fourth-order valence-corrected chi connectivity index (χ4v) is 7.63. The van der Waals surface area contributed by atoms with Crippen molar-refractivity contribution in [2.75, 3.05) is 39.4 Å². The number of nitrogens with zero attached hydrogens (tertiary/aromatic N) is 1. The van der Waals surface area contributed by atoms with Gasteiger partial charge in [0.25, 0.3) is 0 Å². The zero-order valence-electron chi connectivity index (χ0n) is 18.7. The van der Waals surface area contributed by atoms with E-state index in [2.05, 4.69) is 10.2 Å². The zero-order chi connectivity index (χ0) is 20.9. The highest BCUT2D eigenvalue weighted by Crippen LogP contribution is 2.63. The fraction of sp³-hybridized carbons (Fsp3) is 0.958. The summed E-state index contributed by atoms with van der Waals surface area (Å²) in [7, 11) is 0. The minimum Gasteiger partial charge on any atom is -0.379 e. The largest absolute Gasteiger partial charge is 0.379 e. The molecule has 5 saturated carbocycles. The Morgan fingerprint density at radius 3 is 2.29 bits per heavy atom. The summed E-state index contributed by atoms with van der Waals surface area (Å²) in [6.45, 7) is 5.17. The van der Waals surface area contributed by atoms with Gasteiger partial charge in [0.05, 0.1) is 13.2 Å². The Hall–Kier alpha value is -0.730. The topological polar surface area (TPSA) is 69.3 Å². The van der Waals surface area contributed by atoms with Crippen molar-refractivity contribution in [3.63, 3.8) is 0 Å². The smallest absolute Gasteiger partial charge is 0.220 e. The number of hydrogen-bond donors (Lipinski definition) is 1. The van der Waals surface area contributed by atoms with E-state index < -0.39 is 11.6 Å². The summed E-state index contributed by atoms with van der Waals surface area (Å²) in [6, 6.07) is 0. The highest BCUT2D eigenvalue weighted by Gasteiger charge is 2.66. The quantitative estimate of drug-likeness (QED) is 0.671. The predicted molar refractivity (Wildman–Crippen MR) is 113 cm³/mol. The fourth-order valence-electron chi connectivity index (χ4n) is 7.63. The minimum absolute atomic E-state index is 0.177. The molecule has 0 atom stereocenters. The first-order chi connectivity index (χ1) is 15.1. The van der Waals surface area contributed by atoms with Crippen molar-refractivity contribution < 1.29 is 24.0 Å². The zero-order valence-corrected chi connectivity index (χ0v) is 18.7. The molecule has 1 N–H and O–H groups in total. The SMILES string of the molecule is O=C(CC1CCC2(CC1)OOC1(O2)C2CC3CC(C2)CC1C3)NCCN1CCOCC1. The van der Waals surface area contributed by atoms with Gasteiger partial charge in [-0.05, 0) is 62.7 Å². The number of rotatable bonds is 5. The van der Waals surface area contributed by atoms with Crippen LogP contribution in [0.2, 0.25) is 0 Å². The Balaban J connectivity index is 0.968. The van der Waals surface area contributed by atoms with Gasteiger partial charge < -0.3 is 14.8 Å². The third-order valence-corrected chi connectivity index (χ3v) is 9.14. The van der Waals surface area contributed by atoms with Gasteiger partial charge in [0.15, 0.2) is 0 Å². The predicted octanol–water partition coefficient (Wildman–Crippen LogP) is 2.84. The van der Waals surface area contributed by atoms with Crippen LogP contribution in [-0.4, -0.2) is 61.8 Å². The lowest BCUT2D eigenvalue weighted by Gasteiger charge is -2.57. The van der Waals surface area contributed by atoms with E-state index in [-0.39, 0.29) is 5.91 Å². The second-order valence-electron chi connectivity index (χ2n) is 11.2. The van der Waals surface area contributed by atoms with Gasteiger partial charge in [-0.3, -0.25) is 9.69 Å². The molecule has 7 aliphatic rings. The van der Waals surface area contributed by atoms with Crippen molar-refractivity contribution in [3.05, 3.63) is 0 Å². The molecule has 1 amide bonds. The molecule has 0 aromatic carbocycles. The van der Waals surface area contributed by atoms with Crippen LogP contribution in [0.1, 0.15) is 64.2 Å². The van der Waals surface area contributed by atoms with Crippen LogP contribution in [-0.2, 0) is 24.0 Å². The van der Waals surface area contributed by atoms with E-state index in [1.165, 1.54) is 32.1 Å². The maximum absolute atomic E-state index is 12.4. The van der Waals surface area contributed by atoms with Crippen LogP contribution in [0, 0.1) is 29.6 Å². The van der Waals surface area contributed by atoms with Crippen molar-refractivity contribution in [2.45, 2.75) is 75.8 Å². The summed E-state index contributed by atoms with van der Waals surface area (Å²) in [6.07, 6.45) is 10.6. The minimum atomic E-state index is -0.571. The van der Waals surface area contributed by atoms with E-state index in [0.717, 1.165) is 76.9 Å². The maximum Gasteiger partial charge on any atom is 0.220 e. The van der Waals surface area contributed by atoms with Crippen LogP contribution >= 0.6 is 0 Å². The van der Waals surface area contributed by atoms with Gasteiger partial charge in [-0.25, -0.2) is 0 Å². The maximum atomic E-state index is 12.4. The summed E-state index contributed by atoms with van der Waals surface area (Å²) in [5, 5.41) is 3.11. The molecule has 4 bridgehead atoms. The van der Waals surface area contributed by atoms with Gasteiger partial charge in [-0.2, -0.15) is 9.78 Å². The Labute approximate surface area is 185 Å². The number of morpholine rings is 1. The average molecular weight is 435 g/mol. The lowest BCUT2D eigenvalue weighted by Crippen LogP contribution is -2.59. The van der Waals surface area contributed by atoms with Gasteiger partial charge in [0, 0.05) is 57.3 Å². The van der Waals surface area contributed by atoms with E-state index in [9.17, 15) is 4.79 Å². The molecule has 31 heavy (non-hydrogen) atoms. The standard InChI is InChI=1S/C24H38N2O5/c27-22(25-5-6-26-7-9-28-10-8-26)16-17-1-3-23(4-2-17)29-24(31-30-23)20-12-18-11-19(14-20)15-21(24)13-18/h17-21H,1-16H2,(H,25,27). The lowest BCUT2D eigenvalue weighted by molar-refractivity contribution is -0.390. The highest BCUT2D eigenvalue weighted by atomic mass is 17.3. The average Bonchev–Trinajstić information content (AvgIpc) is 3.14. The van der Waals surface area contributed by atoms with E-state index in [1.54, 1.807) is 0 Å². The Morgan fingerprint density at radius 2 is 1.61 bits per heavy atom. The van der Waals surface area contributed by atoms with Crippen molar-refractivity contribution >= 4 is 5.91 Å². The summed E-state index contributed by atoms with van der Waals surface area (Å²) < 4.78 is 12.2. The molecule has 7 heteroatoms. The Kier molecular flexibility index (Phi) is 5.54. The summed E-state index contributed by atoms with van der Waals surface area (Å²) in [5.41, 5.74) is 0. The first-order valence-electron chi connectivity index (χ1n) is 12.8. The molecule has 7 fully saturated rings. The van der Waals surface area contributed by atoms with Gasteiger partial charge in [-0.1, -0.05) is 0 Å². The molecule has 174 valence electrons. The number of nitrogens with one attached hydrogen (secondary N) is 1. The highest BCUT2D eigenvalue weighted by molar-refractivity contribution is 5.76. The van der Waals surface area contributed by atoms with Gasteiger partial charge in [0.1, 0.15) is 0 Å². The van der Waals surface area contributed by atoms with E-state index >= 15 is 0 Å². The van der Waals surface area contributed by atoms with Crippen molar-refractivity contribution in [1.29, 1.82) is 0 Å². The third kappa shape index (κ3) is 3.95. The van der Waals surface area contributed by atoms with Crippen LogP contribution in [0.15, 0.2) is 0 Å². The molecule has 0 aromatic rings. The molecular weight excluding hydrogens is 396 g/mol. The van der Waals surface area contributed by atoms with E-state index in [4.69, 9.17) is 19.2 Å². The number of ether oxygens (including phenoxy) is 2. The van der Waals surface area contributed by atoms with Gasteiger partial charge in [0.2, 0.25) is 17.5 Å². The number of hydrogen-bond acceptors (Lipinski definition) is 6. The molecule has 7 nitrogen and oxygen atoms in total. The lowest BCUT2D eigenvalue weighted by atomic mass is 9.53. The van der Waals surface area contributed by atoms with E-state index in [0.29, 0.717) is 24.2 Å². The second-order valence-corrected chi connectivity index (χ2v) is 11.2. The van der Waals surface area contributed by atoms with Crippen LogP contribution < -0.4 is 5.32 Å². The van der Waals surface area contributed by atoms with Crippen molar-refractivity contribution in [1.82, 2.24) is 10.2 Å². The first kappa shape index (κ1) is 20.8. The third-order valence-electron chi connectivity index (χ3n) is 9.14. The van der Waals surface area contributed by atoms with Crippen LogP contribution in [0.5, 0.6) is 0 Å². The van der Waals surface area contributed by atoms with E-state index in [1.807, 2.05) is 0 Å². The van der Waals surface area contributed by atoms with Gasteiger partial charge >= 0.3 is 0 Å². The monoisotopic (exact) mass is 434 g/mol. The Bertz CT molecular complexity index is 643. The van der Waals surface area contributed by atoms with Gasteiger partial charge in [-0.15, -0.1) is 0 Å². The number of carbonyl (C=O) groups excluding carboxylic acids is 1.